The van der Waals surface area contributed by atoms with Gasteiger partial charge < -0.3 is 10.1 Å². The van der Waals surface area contributed by atoms with Crippen molar-refractivity contribution in [3.05, 3.63) is 64.4 Å². The summed E-state index contributed by atoms with van der Waals surface area (Å²) in [7, 11) is 0. The summed E-state index contributed by atoms with van der Waals surface area (Å²) in [5, 5.41) is 2.85. The van der Waals surface area contributed by atoms with E-state index in [2.05, 4.69) is 21.2 Å². The summed E-state index contributed by atoms with van der Waals surface area (Å²) in [4.78, 5) is 12.1. The molecule has 0 aliphatic carbocycles. The highest BCUT2D eigenvalue weighted by molar-refractivity contribution is 9.10. The molecule has 0 heterocycles. The monoisotopic (exact) mass is 365 g/mol. The van der Waals surface area contributed by atoms with Crippen LogP contribution in [0.15, 0.2) is 53.0 Å². The maximum absolute atomic E-state index is 12.9. The second-order valence-corrected chi connectivity index (χ2v) is 5.91. The van der Waals surface area contributed by atoms with Gasteiger partial charge in [-0.3, -0.25) is 4.79 Å². The number of amides is 1. The number of rotatable bonds is 5. The molecule has 5 heteroatoms. The lowest BCUT2D eigenvalue weighted by Gasteiger charge is -2.19. The third-order valence-electron chi connectivity index (χ3n) is 3.22. The summed E-state index contributed by atoms with van der Waals surface area (Å²) >= 11 is 3.34. The van der Waals surface area contributed by atoms with E-state index in [-0.39, 0.29) is 17.8 Å². The van der Waals surface area contributed by atoms with E-state index in [1.54, 1.807) is 31.2 Å². The SMILES string of the molecule is C[C@H](Oc1ccc(Br)cc1)C(=O)N[C@@H](C)c1ccc(F)cc1. The molecule has 1 amide bonds. The summed E-state index contributed by atoms with van der Waals surface area (Å²) in [6.45, 7) is 3.53. The maximum Gasteiger partial charge on any atom is 0.261 e. The van der Waals surface area contributed by atoms with Crippen molar-refractivity contribution in [2.24, 2.45) is 0 Å². The van der Waals surface area contributed by atoms with Gasteiger partial charge in [0.1, 0.15) is 11.6 Å². The molecule has 0 radical (unpaired) electrons. The lowest BCUT2D eigenvalue weighted by Crippen LogP contribution is -2.37. The fourth-order valence-electron chi connectivity index (χ4n) is 1.94. The van der Waals surface area contributed by atoms with E-state index in [1.165, 1.54) is 12.1 Å². The summed E-state index contributed by atoms with van der Waals surface area (Å²) in [5.74, 6) is 0.106. The number of hydrogen-bond donors (Lipinski definition) is 1. The Bertz CT molecular complexity index is 628. The van der Waals surface area contributed by atoms with Crippen molar-refractivity contribution in [2.45, 2.75) is 26.0 Å². The van der Waals surface area contributed by atoms with Crippen molar-refractivity contribution < 1.29 is 13.9 Å². The molecule has 0 spiro atoms. The van der Waals surface area contributed by atoms with Gasteiger partial charge in [-0.1, -0.05) is 28.1 Å². The molecule has 1 N–H and O–H groups in total. The number of carbonyl (C=O) groups is 1. The number of ether oxygens (including phenoxy) is 1. The highest BCUT2D eigenvalue weighted by atomic mass is 79.9. The summed E-state index contributed by atoms with van der Waals surface area (Å²) < 4.78 is 19.4. The van der Waals surface area contributed by atoms with Gasteiger partial charge in [0.15, 0.2) is 6.10 Å². The van der Waals surface area contributed by atoms with Crippen LogP contribution < -0.4 is 10.1 Å². The van der Waals surface area contributed by atoms with Gasteiger partial charge in [-0.05, 0) is 55.8 Å². The van der Waals surface area contributed by atoms with Crippen molar-refractivity contribution >= 4 is 21.8 Å². The summed E-state index contributed by atoms with van der Waals surface area (Å²) in [5.41, 5.74) is 0.839. The number of carbonyl (C=O) groups excluding carboxylic acids is 1. The van der Waals surface area contributed by atoms with Crippen LogP contribution in [0.1, 0.15) is 25.5 Å². The predicted molar refractivity (Wildman–Crippen MR) is 87.2 cm³/mol. The topological polar surface area (TPSA) is 38.3 Å². The molecule has 2 atom stereocenters. The molecular formula is C17H17BrFNO2. The predicted octanol–water partition coefficient (Wildman–Crippen LogP) is 4.23. The Balaban J connectivity index is 1.93. The van der Waals surface area contributed by atoms with Crippen molar-refractivity contribution in [3.63, 3.8) is 0 Å². The van der Waals surface area contributed by atoms with Crippen LogP contribution in [0.25, 0.3) is 0 Å². The minimum absolute atomic E-state index is 0.218. The van der Waals surface area contributed by atoms with Gasteiger partial charge in [0.25, 0.3) is 5.91 Å². The van der Waals surface area contributed by atoms with Crippen molar-refractivity contribution in [3.8, 4) is 5.75 Å². The normalized spacial score (nSPS) is 13.3. The minimum Gasteiger partial charge on any atom is -0.481 e. The number of benzene rings is 2. The molecule has 0 unspecified atom stereocenters. The zero-order valence-electron chi connectivity index (χ0n) is 12.3. The molecule has 0 aliphatic heterocycles. The molecule has 0 aliphatic rings. The van der Waals surface area contributed by atoms with E-state index < -0.39 is 6.10 Å². The lowest BCUT2D eigenvalue weighted by molar-refractivity contribution is -0.127. The molecular weight excluding hydrogens is 349 g/mol. The van der Waals surface area contributed by atoms with E-state index >= 15 is 0 Å². The number of halogens is 2. The Hall–Kier alpha value is -1.88. The number of nitrogens with one attached hydrogen (secondary N) is 1. The summed E-state index contributed by atoms with van der Waals surface area (Å²) in [6.07, 6.45) is -0.621. The Morgan fingerprint density at radius 2 is 1.68 bits per heavy atom. The second-order valence-electron chi connectivity index (χ2n) is 5.00. The van der Waals surface area contributed by atoms with Gasteiger partial charge in [-0.2, -0.15) is 0 Å². The third kappa shape index (κ3) is 4.56. The van der Waals surface area contributed by atoms with Crippen LogP contribution >= 0.6 is 15.9 Å². The highest BCUT2D eigenvalue weighted by Gasteiger charge is 2.17. The van der Waals surface area contributed by atoms with Crippen LogP contribution in [-0.2, 0) is 4.79 Å². The first-order valence-corrected chi connectivity index (χ1v) is 7.73. The first kappa shape index (κ1) is 16.5. The number of hydrogen-bond acceptors (Lipinski definition) is 2. The van der Waals surface area contributed by atoms with Crippen molar-refractivity contribution in [2.75, 3.05) is 0 Å². The van der Waals surface area contributed by atoms with E-state index in [1.807, 2.05) is 19.1 Å². The lowest BCUT2D eigenvalue weighted by atomic mass is 10.1. The first-order valence-electron chi connectivity index (χ1n) is 6.94. The van der Waals surface area contributed by atoms with E-state index in [0.717, 1.165) is 10.0 Å². The Morgan fingerprint density at radius 3 is 2.27 bits per heavy atom. The van der Waals surface area contributed by atoms with Crippen molar-refractivity contribution in [1.82, 2.24) is 5.32 Å². The average Bonchev–Trinajstić information content (AvgIpc) is 2.50. The fourth-order valence-corrected chi connectivity index (χ4v) is 2.20. The van der Waals surface area contributed by atoms with Crippen LogP contribution in [0, 0.1) is 5.82 Å². The van der Waals surface area contributed by atoms with Gasteiger partial charge in [-0.25, -0.2) is 4.39 Å². The highest BCUT2D eigenvalue weighted by Crippen LogP contribution is 2.18. The third-order valence-corrected chi connectivity index (χ3v) is 3.75. The second kappa shape index (κ2) is 7.40. The zero-order chi connectivity index (χ0) is 16.1. The fraction of sp³-hybridized carbons (Fsp3) is 0.235. The Morgan fingerprint density at radius 1 is 1.09 bits per heavy atom. The van der Waals surface area contributed by atoms with Crippen molar-refractivity contribution in [1.29, 1.82) is 0 Å². The molecule has 0 bridgehead atoms. The van der Waals surface area contributed by atoms with Gasteiger partial charge in [0, 0.05) is 4.47 Å². The molecule has 2 aromatic carbocycles. The molecule has 0 aromatic heterocycles. The molecule has 0 saturated carbocycles. The Labute approximate surface area is 137 Å². The Kier molecular flexibility index (Phi) is 5.55. The van der Waals surface area contributed by atoms with Gasteiger partial charge in [-0.15, -0.1) is 0 Å². The molecule has 3 nitrogen and oxygen atoms in total. The minimum atomic E-state index is -0.621. The molecule has 0 saturated heterocycles. The molecule has 0 fully saturated rings. The van der Waals surface area contributed by atoms with Gasteiger partial charge in [0.2, 0.25) is 0 Å². The largest absolute Gasteiger partial charge is 0.481 e. The smallest absolute Gasteiger partial charge is 0.261 e. The first-order chi connectivity index (χ1) is 10.5. The van der Waals surface area contributed by atoms with Crippen LogP contribution in [0.3, 0.4) is 0 Å². The van der Waals surface area contributed by atoms with E-state index in [9.17, 15) is 9.18 Å². The molecule has 116 valence electrons. The maximum atomic E-state index is 12.9. The molecule has 2 rings (SSSR count). The van der Waals surface area contributed by atoms with Crippen LogP contribution in [0.5, 0.6) is 5.75 Å². The van der Waals surface area contributed by atoms with E-state index in [4.69, 9.17) is 4.74 Å². The van der Waals surface area contributed by atoms with Crippen LogP contribution in [0.2, 0.25) is 0 Å². The molecule has 22 heavy (non-hydrogen) atoms. The average molecular weight is 366 g/mol. The van der Waals surface area contributed by atoms with Gasteiger partial charge >= 0.3 is 0 Å². The van der Waals surface area contributed by atoms with Gasteiger partial charge in [0.05, 0.1) is 6.04 Å². The molecule has 2 aromatic rings. The standard InChI is InChI=1S/C17H17BrFNO2/c1-11(13-3-7-15(19)8-4-13)20-17(21)12(2)22-16-9-5-14(18)6-10-16/h3-12H,1-2H3,(H,20,21)/t11-,12-/m0/s1. The summed E-state index contributed by atoms with van der Waals surface area (Å²) in [6, 6.07) is 13.1. The van der Waals surface area contributed by atoms with Crippen LogP contribution in [-0.4, -0.2) is 12.0 Å². The zero-order valence-corrected chi connectivity index (χ0v) is 13.9. The van der Waals surface area contributed by atoms with Crippen LogP contribution in [0.4, 0.5) is 4.39 Å². The van der Waals surface area contributed by atoms with E-state index in [0.29, 0.717) is 5.75 Å². The quantitative estimate of drug-likeness (QED) is 0.860.